The second-order valence-electron chi connectivity index (χ2n) is 7.59. The Labute approximate surface area is 184 Å². The highest BCUT2D eigenvalue weighted by molar-refractivity contribution is 6.34. The molecule has 1 amide bonds. The maximum absolute atomic E-state index is 12.7. The zero-order valence-electron chi connectivity index (χ0n) is 17.0. The maximum Gasteiger partial charge on any atom is 0.271 e. The van der Waals surface area contributed by atoms with Gasteiger partial charge in [0.1, 0.15) is 0 Å². The number of benzene rings is 2. The summed E-state index contributed by atoms with van der Waals surface area (Å²) in [6.07, 6.45) is 0. The molecule has 2 aliphatic rings. The summed E-state index contributed by atoms with van der Waals surface area (Å²) in [5.41, 5.74) is 1.41. The molecule has 1 N–H and O–H groups in total. The number of nitrogens with one attached hydrogen (secondary N) is 1. The van der Waals surface area contributed by atoms with Gasteiger partial charge in [0, 0.05) is 44.9 Å². The van der Waals surface area contributed by atoms with Gasteiger partial charge in [-0.05, 0) is 30.7 Å². The average Bonchev–Trinajstić information content (AvgIpc) is 3.23. The van der Waals surface area contributed by atoms with E-state index >= 15 is 0 Å². The Balaban J connectivity index is 1.29. The highest BCUT2D eigenvalue weighted by Gasteiger charge is 2.26. The molecule has 0 spiro atoms. The number of non-ortho nitro benzene ring substituents is 1. The van der Waals surface area contributed by atoms with Crippen molar-refractivity contribution in [3.05, 3.63) is 57.1 Å². The third-order valence-corrected chi connectivity index (χ3v) is 5.91. The van der Waals surface area contributed by atoms with Crippen molar-refractivity contribution >= 4 is 28.9 Å². The number of carbonyl (C=O) groups excluding carboxylic acids is 1. The van der Waals surface area contributed by atoms with Gasteiger partial charge in [0.25, 0.3) is 5.69 Å². The van der Waals surface area contributed by atoms with Crippen molar-refractivity contribution in [1.29, 1.82) is 0 Å². The first-order valence-electron chi connectivity index (χ1n) is 10.0. The molecule has 0 bridgehead atoms. The molecule has 0 aliphatic carbocycles. The van der Waals surface area contributed by atoms with E-state index in [-0.39, 0.29) is 29.5 Å². The molecule has 1 fully saturated rings. The smallest absolute Gasteiger partial charge is 0.271 e. The number of piperazine rings is 1. The van der Waals surface area contributed by atoms with Crippen molar-refractivity contribution in [2.24, 2.45) is 0 Å². The lowest BCUT2D eigenvalue weighted by atomic mass is 10.1. The monoisotopic (exact) mass is 446 g/mol. The SMILES string of the molecule is C[C@@H](C(=O)Nc1ccc([N+](=O)[O-])cc1Cl)N1CCN(Cc2ccc3c(c2)OCO3)CC1. The third kappa shape index (κ3) is 4.90. The summed E-state index contributed by atoms with van der Waals surface area (Å²) >= 11 is 6.08. The number of amides is 1. The first-order chi connectivity index (χ1) is 14.9. The Morgan fingerprint density at radius 3 is 2.61 bits per heavy atom. The molecular weight excluding hydrogens is 424 g/mol. The average molecular weight is 447 g/mol. The summed E-state index contributed by atoms with van der Waals surface area (Å²) in [6.45, 7) is 6.11. The molecule has 0 aromatic heterocycles. The van der Waals surface area contributed by atoms with Crippen LogP contribution in [0.2, 0.25) is 5.02 Å². The van der Waals surface area contributed by atoms with Crippen LogP contribution in [0, 0.1) is 10.1 Å². The van der Waals surface area contributed by atoms with Crippen molar-refractivity contribution < 1.29 is 19.2 Å². The number of ether oxygens (including phenoxy) is 2. The number of anilines is 1. The van der Waals surface area contributed by atoms with Gasteiger partial charge in [-0.15, -0.1) is 0 Å². The Morgan fingerprint density at radius 2 is 1.90 bits per heavy atom. The van der Waals surface area contributed by atoms with Crippen molar-refractivity contribution in [1.82, 2.24) is 9.80 Å². The van der Waals surface area contributed by atoms with Gasteiger partial charge in [0.15, 0.2) is 11.5 Å². The summed E-state index contributed by atoms with van der Waals surface area (Å²) in [4.78, 5) is 27.4. The van der Waals surface area contributed by atoms with Crippen LogP contribution in [0.4, 0.5) is 11.4 Å². The molecule has 2 heterocycles. The number of fused-ring (bicyclic) bond motifs is 1. The molecular formula is C21H23ClN4O5. The molecule has 9 nitrogen and oxygen atoms in total. The molecule has 0 saturated carbocycles. The lowest BCUT2D eigenvalue weighted by Crippen LogP contribution is -2.52. The minimum absolute atomic E-state index is 0.116. The Kier molecular flexibility index (Phi) is 6.26. The Hall–Kier alpha value is -2.88. The summed E-state index contributed by atoms with van der Waals surface area (Å²) in [7, 11) is 0. The highest BCUT2D eigenvalue weighted by atomic mass is 35.5. The fourth-order valence-electron chi connectivity index (χ4n) is 3.73. The third-order valence-electron chi connectivity index (χ3n) is 5.60. The quantitative estimate of drug-likeness (QED) is 0.537. The van der Waals surface area contributed by atoms with Crippen LogP contribution in [-0.4, -0.2) is 59.6 Å². The lowest BCUT2D eigenvalue weighted by Gasteiger charge is -2.37. The Morgan fingerprint density at radius 1 is 1.16 bits per heavy atom. The normalized spacial score (nSPS) is 17.4. The van der Waals surface area contributed by atoms with Crippen molar-refractivity contribution in [3.63, 3.8) is 0 Å². The minimum atomic E-state index is -0.525. The number of rotatable bonds is 6. The second kappa shape index (κ2) is 9.09. The standard InChI is InChI=1S/C21H23ClN4O5/c1-14(21(27)23-18-4-3-16(26(28)29)11-17(18)22)25-8-6-24(7-9-25)12-15-2-5-19-20(10-15)31-13-30-19/h2-5,10-11,14H,6-9,12-13H2,1H3,(H,23,27)/t14-/m0/s1. The topological polar surface area (TPSA) is 97.2 Å². The molecule has 1 saturated heterocycles. The van der Waals surface area contributed by atoms with Crippen molar-refractivity contribution in [2.75, 3.05) is 38.3 Å². The molecule has 31 heavy (non-hydrogen) atoms. The number of hydrogen-bond acceptors (Lipinski definition) is 7. The van der Waals surface area contributed by atoms with E-state index in [4.69, 9.17) is 21.1 Å². The van der Waals surface area contributed by atoms with E-state index in [0.29, 0.717) is 5.69 Å². The van der Waals surface area contributed by atoms with Gasteiger partial charge in [0.05, 0.1) is 21.7 Å². The van der Waals surface area contributed by atoms with E-state index in [1.807, 2.05) is 25.1 Å². The molecule has 0 unspecified atom stereocenters. The van der Waals surface area contributed by atoms with E-state index in [1.165, 1.54) is 18.2 Å². The highest BCUT2D eigenvalue weighted by Crippen LogP contribution is 2.33. The number of halogens is 1. The number of nitro benzene ring substituents is 1. The van der Waals surface area contributed by atoms with Crippen molar-refractivity contribution in [3.8, 4) is 11.5 Å². The van der Waals surface area contributed by atoms with Crippen LogP contribution >= 0.6 is 11.6 Å². The Bertz CT molecular complexity index is 994. The molecule has 164 valence electrons. The van der Waals surface area contributed by atoms with E-state index in [1.54, 1.807) is 0 Å². The number of carbonyl (C=O) groups is 1. The summed E-state index contributed by atoms with van der Waals surface area (Å²) in [5.74, 6) is 1.37. The predicted octanol–water partition coefficient (Wildman–Crippen LogP) is 3.12. The van der Waals surface area contributed by atoms with Crippen LogP contribution < -0.4 is 14.8 Å². The van der Waals surface area contributed by atoms with E-state index in [9.17, 15) is 14.9 Å². The van der Waals surface area contributed by atoms with E-state index in [2.05, 4.69) is 15.1 Å². The van der Waals surface area contributed by atoms with Crippen LogP contribution in [0.15, 0.2) is 36.4 Å². The molecule has 2 aromatic rings. The van der Waals surface area contributed by atoms with Gasteiger partial charge >= 0.3 is 0 Å². The molecule has 10 heteroatoms. The fourth-order valence-corrected chi connectivity index (χ4v) is 3.95. The zero-order valence-corrected chi connectivity index (χ0v) is 17.8. The van der Waals surface area contributed by atoms with Crippen LogP contribution in [0.5, 0.6) is 11.5 Å². The van der Waals surface area contributed by atoms with Crippen LogP contribution in [0.3, 0.4) is 0 Å². The first kappa shape index (κ1) is 21.4. The molecule has 0 radical (unpaired) electrons. The van der Waals surface area contributed by atoms with Crippen molar-refractivity contribution in [2.45, 2.75) is 19.5 Å². The largest absolute Gasteiger partial charge is 0.454 e. The summed E-state index contributed by atoms with van der Waals surface area (Å²) in [6, 6.07) is 9.65. The van der Waals surface area contributed by atoms with Crippen LogP contribution in [0.25, 0.3) is 0 Å². The summed E-state index contributed by atoms with van der Waals surface area (Å²) < 4.78 is 10.8. The zero-order chi connectivity index (χ0) is 22.0. The number of nitrogens with zero attached hydrogens (tertiary/aromatic N) is 3. The van der Waals surface area contributed by atoms with Gasteiger partial charge < -0.3 is 14.8 Å². The first-order valence-corrected chi connectivity index (χ1v) is 10.4. The minimum Gasteiger partial charge on any atom is -0.454 e. The number of nitro groups is 1. The number of hydrogen-bond donors (Lipinski definition) is 1. The van der Waals surface area contributed by atoms with Gasteiger partial charge in [0.2, 0.25) is 12.7 Å². The molecule has 1 atom stereocenters. The summed E-state index contributed by atoms with van der Waals surface area (Å²) in [5, 5.41) is 13.7. The molecule has 2 aliphatic heterocycles. The van der Waals surface area contributed by atoms with Crippen LogP contribution in [-0.2, 0) is 11.3 Å². The predicted molar refractivity (Wildman–Crippen MR) is 116 cm³/mol. The van der Waals surface area contributed by atoms with Gasteiger partial charge in [-0.3, -0.25) is 24.7 Å². The van der Waals surface area contributed by atoms with Crippen LogP contribution in [0.1, 0.15) is 12.5 Å². The van der Waals surface area contributed by atoms with Gasteiger partial charge in [-0.1, -0.05) is 17.7 Å². The van der Waals surface area contributed by atoms with Gasteiger partial charge in [-0.25, -0.2) is 0 Å². The fraction of sp³-hybridized carbons (Fsp3) is 0.381. The van der Waals surface area contributed by atoms with E-state index in [0.717, 1.165) is 49.8 Å². The van der Waals surface area contributed by atoms with Gasteiger partial charge in [-0.2, -0.15) is 0 Å². The maximum atomic E-state index is 12.7. The molecule has 4 rings (SSSR count). The lowest BCUT2D eigenvalue weighted by molar-refractivity contribution is -0.384. The molecule has 2 aromatic carbocycles. The second-order valence-corrected chi connectivity index (χ2v) is 7.99. The van der Waals surface area contributed by atoms with E-state index < -0.39 is 4.92 Å².